The zero-order chi connectivity index (χ0) is 32.4. The molecule has 8 heteroatoms. The monoisotopic (exact) mass is 621 g/mol. The van der Waals surface area contributed by atoms with Gasteiger partial charge in [0.25, 0.3) is 5.91 Å². The molecule has 7 nitrogen and oxygen atoms in total. The number of benzene rings is 3. The number of anilines is 1. The summed E-state index contributed by atoms with van der Waals surface area (Å²) in [4.78, 5) is 18.6. The Morgan fingerprint density at radius 1 is 0.956 bits per heavy atom. The van der Waals surface area contributed by atoms with E-state index in [-0.39, 0.29) is 24.2 Å². The van der Waals surface area contributed by atoms with Crippen LogP contribution in [0.4, 0.5) is 5.69 Å². The van der Waals surface area contributed by atoms with Gasteiger partial charge in [-0.2, -0.15) is 0 Å². The number of hydrogen-bond donors (Lipinski definition) is 3. The Bertz CT molecular complexity index is 1780. The summed E-state index contributed by atoms with van der Waals surface area (Å²) in [5.41, 5.74) is 5.53. The molecule has 1 amide bonds. The number of aliphatic hydroxyl groups excluding tert-OH is 1. The molecular weight excluding hydrogens is 582 g/mol. The fourth-order valence-corrected chi connectivity index (χ4v) is 6.75. The summed E-state index contributed by atoms with van der Waals surface area (Å²) in [7, 11) is -1.38. The molecule has 5 rings (SSSR count). The highest BCUT2D eigenvalue weighted by molar-refractivity contribution is 7.84. The quantitative estimate of drug-likeness (QED) is 0.205. The lowest BCUT2D eigenvalue weighted by Gasteiger charge is -2.30. The van der Waals surface area contributed by atoms with E-state index in [0.29, 0.717) is 29.9 Å². The van der Waals surface area contributed by atoms with Crippen molar-refractivity contribution in [3.05, 3.63) is 107 Å². The van der Waals surface area contributed by atoms with Crippen molar-refractivity contribution in [3.8, 4) is 34.2 Å². The van der Waals surface area contributed by atoms with Gasteiger partial charge in [0.05, 0.1) is 16.5 Å². The molecule has 2 heterocycles. The van der Waals surface area contributed by atoms with Gasteiger partial charge in [-0.05, 0) is 88.1 Å². The minimum Gasteiger partial charge on any atom is -0.396 e. The van der Waals surface area contributed by atoms with E-state index < -0.39 is 21.3 Å². The minimum atomic E-state index is -1.38. The van der Waals surface area contributed by atoms with Gasteiger partial charge in [0, 0.05) is 35.5 Å². The van der Waals surface area contributed by atoms with E-state index in [2.05, 4.69) is 17.2 Å². The van der Waals surface area contributed by atoms with Crippen LogP contribution in [-0.4, -0.2) is 46.6 Å². The molecule has 0 saturated carbocycles. The Labute approximate surface area is 267 Å². The lowest BCUT2D eigenvalue weighted by Crippen LogP contribution is -2.36. The second kappa shape index (κ2) is 13.1. The number of nitrogens with one attached hydrogen (secondary N) is 1. The highest BCUT2D eigenvalue weighted by Crippen LogP contribution is 2.44. The van der Waals surface area contributed by atoms with Gasteiger partial charge in [0.1, 0.15) is 22.3 Å². The number of aliphatic hydroxyl groups is 2. The number of carbonyl (C=O) groups is 1. The molecule has 0 spiro atoms. The summed E-state index contributed by atoms with van der Waals surface area (Å²) in [5.74, 6) is 5.51. The van der Waals surface area contributed by atoms with Crippen molar-refractivity contribution in [3.63, 3.8) is 0 Å². The number of carbonyl (C=O) groups excluding carboxylic acids is 1. The predicted octanol–water partition coefficient (Wildman–Crippen LogP) is 6.49. The third kappa shape index (κ3) is 7.58. The molecule has 1 aliphatic heterocycles. The van der Waals surface area contributed by atoms with Crippen LogP contribution in [0.3, 0.4) is 0 Å². The molecule has 1 aliphatic rings. The number of amides is 1. The van der Waals surface area contributed by atoms with E-state index in [0.717, 1.165) is 27.8 Å². The lowest BCUT2D eigenvalue weighted by atomic mass is 9.95. The molecule has 0 saturated heterocycles. The first kappa shape index (κ1) is 32.3. The fourth-order valence-electron chi connectivity index (χ4n) is 5.35. The van der Waals surface area contributed by atoms with Gasteiger partial charge >= 0.3 is 0 Å². The van der Waals surface area contributed by atoms with Gasteiger partial charge in [0.2, 0.25) is 0 Å². The average molecular weight is 622 g/mol. The molecule has 0 bridgehead atoms. The van der Waals surface area contributed by atoms with Crippen LogP contribution in [0.25, 0.3) is 22.4 Å². The third-order valence-electron chi connectivity index (χ3n) is 7.42. The molecule has 0 radical (unpaired) electrons. The van der Waals surface area contributed by atoms with Crippen molar-refractivity contribution in [1.29, 1.82) is 0 Å². The Hall–Kier alpha value is -4.13. The summed E-state index contributed by atoms with van der Waals surface area (Å²) in [6.07, 6.45) is 0.362. The molecular formula is C37H39N3O4S. The zero-order valence-corrected chi connectivity index (χ0v) is 27.1. The molecule has 4 aromatic rings. The maximum absolute atomic E-state index is 13.7. The number of hydrogen-bond acceptors (Lipinski definition) is 5. The summed E-state index contributed by atoms with van der Waals surface area (Å²) >= 11 is 0. The first-order valence-corrected chi connectivity index (χ1v) is 16.1. The van der Waals surface area contributed by atoms with E-state index in [9.17, 15) is 19.2 Å². The molecule has 0 fully saturated rings. The number of fused-ring (bicyclic) bond motifs is 1. The van der Waals surface area contributed by atoms with Crippen molar-refractivity contribution in [2.75, 3.05) is 11.9 Å². The summed E-state index contributed by atoms with van der Waals surface area (Å²) < 4.78 is 15.1. The molecule has 232 valence electrons. The summed E-state index contributed by atoms with van der Waals surface area (Å²) in [6.45, 7) is 9.28. The van der Waals surface area contributed by atoms with Crippen LogP contribution < -0.4 is 5.32 Å². The Balaban J connectivity index is 1.56. The number of rotatable bonds is 7. The Morgan fingerprint density at radius 3 is 2.27 bits per heavy atom. The number of pyridine rings is 1. The van der Waals surface area contributed by atoms with E-state index >= 15 is 0 Å². The predicted molar refractivity (Wildman–Crippen MR) is 181 cm³/mol. The van der Waals surface area contributed by atoms with Crippen molar-refractivity contribution in [1.82, 2.24) is 9.29 Å². The van der Waals surface area contributed by atoms with Gasteiger partial charge in [-0.25, -0.2) is 13.5 Å². The van der Waals surface area contributed by atoms with Gasteiger partial charge in [-0.3, -0.25) is 4.79 Å². The number of aromatic nitrogens is 1. The third-order valence-corrected chi connectivity index (χ3v) is 9.28. The first-order valence-electron chi connectivity index (χ1n) is 15.0. The maximum atomic E-state index is 13.7. The maximum Gasteiger partial charge on any atom is 0.274 e. The summed E-state index contributed by atoms with van der Waals surface area (Å²) in [5, 5.41) is 23.2. The molecule has 2 atom stereocenters. The van der Waals surface area contributed by atoms with Crippen LogP contribution >= 0.6 is 0 Å². The standard InChI is InChI=1S/C37H39N3O4S/c1-36(2,3)45(44)40-24-29-23-31(35(42)38-30-16-14-27(15-17-30)26-11-7-6-8-12-26)39-34(33(29)32(40)19-21-41)28-13-9-10-25(22-28)18-20-37(4,5)43/h6-17,22-23,32,41,43H,19,21,24H2,1-5H3,(H,38,42)/t32-,45-/m1/s1. The van der Waals surface area contributed by atoms with Gasteiger partial charge < -0.3 is 15.5 Å². The van der Waals surface area contributed by atoms with Crippen LogP contribution in [0.1, 0.15) is 74.3 Å². The zero-order valence-electron chi connectivity index (χ0n) is 26.3. The van der Waals surface area contributed by atoms with E-state index in [4.69, 9.17) is 4.98 Å². The van der Waals surface area contributed by atoms with Gasteiger partial charge in [0.15, 0.2) is 0 Å². The first-order chi connectivity index (χ1) is 21.3. The highest BCUT2D eigenvalue weighted by atomic mass is 32.2. The largest absolute Gasteiger partial charge is 0.396 e. The Morgan fingerprint density at radius 2 is 1.62 bits per heavy atom. The van der Waals surface area contributed by atoms with E-state index in [1.807, 2.05) is 104 Å². The van der Waals surface area contributed by atoms with Crippen molar-refractivity contribution < 1.29 is 19.2 Å². The SMILES string of the molecule is CC(C)(O)C#Cc1cccc(-c2nc(C(=O)Nc3ccc(-c4ccccc4)cc3)cc3c2[C@@H](CCO)N([S@](=O)C(C)(C)C)C3)c1. The molecule has 0 unspecified atom stereocenters. The molecule has 3 aromatic carbocycles. The molecule has 3 N–H and O–H groups in total. The van der Waals surface area contributed by atoms with Crippen molar-refractivity contribution >= 4 is 22.6 Å². The molecule has 0 aliphatic carbocycles. The van der Waals surface area contributed by atoms with E-state index in [1.54, 1.807) is 19.9 Å². The van der Waals surface area contributed by atoms with Crippen molar-refractivity contribution in [2.24, 2.45) is 0 Å². The average Bonchev–Trinajstić information content (AvgIpc) is 3.37. The second-order valence-corrected chi connectivity index (χ2v) is 14.9. The fraction of sp³-hybridized carbons (Fsp3) is 0.297. The number of nitrogens with zero attached hydrogens (tertiary/aromatic N) is 2. The second-order valence-electron chi connectivity index (χ2n) is 12.7. The van der Waals surface area contributed by atoms with E-state index in [1.165, 1.54) is 0 Å². The Kier molecular flexibility index (Phi) is 9.38. The lowest BCUT2D eigenvalue weighted by molar-refractivity contribution is 0.102. The van der Waals surface area contributed by atoms with Crippen LogP contribution in [0.15, 0.2) is 84.9 Å². The normalized spacial score (nSPS) is 15.6. The van der Waals surface area contributed by atoms with Crippen LogP contribution in [-0.2, 0) is 17.5 Å². The minimum absolute atomic E-state index is 0.0975. The van der Waals surface area contributed by atoms with Crippen molar-refractivity contribution in [2.45, 2.75) is 64.0 Å². The smallest absolute Gasteiger partial charge is 0.274 e. The molecule has 1 aromatic heterocycles. The van der Waals surface area contributed by atoms with Crippen LogP contribution in [0, 0.1) is 11.8 Å². The van der Waals surface area contributed by atoms with Crippen LogP contribution in [0.2, 0.25) is 0 Å². The topological polar surface area (TPSA) is 103 Å². The van der Waals surface area contributed by atoms with Gasteiger partial charge in [-0.15, -0.1) is 0 Å². The molecule has 45 heavy (non-hydrogen) atoms. The highest BCUT2D eigenvalue weighted by Gasteiger charge is 2.40. The summed E-state index contributed by atoms with van der Waals surface area (Å²) in [6, 6.07) is 26.6. The van der Waals surface area contributed by atoms with Crippen LogP contribution in [0.5, 0.6) is 0 Å². The van der Waals surface area contributed by atoms with Gasteiger partial charge in [-0.1, -0.05) is 66.4 Å².